The minimum absolute atomic E-state index is 0.0853. The van der Waals surface area contributed by atoms with Gasteiger partial charge in [0.25, 0.3) is 11.5 Å². The molecule has 12 heteroatoms. The van der Waals surface area contributed by atoms with Gasteiger partial charge in [-0.3, -0.25) is 24.6 Å². The lowest BCUT2D eigenvalue weighted by atomic mass is 9.86. The molecule has 2 saturated carbocycles. The fourth-order valence-corrected chi connectivity index (χ4v) is 6.22. The number of rotatable bonds is 9. The summed E-state index contributed by atoms with van der Waals surface area (Å²) < 4.78 is 12.0. The number of nitrogens with two attached hydrogens (primary N) is 1. The number of carbonyl (C=O) groups is 3. The first kappa shape index (κ1) is 31.4. The highest BCUT2D eigenvalue weighted by molar-refractivity contribution is 5.96. The Labute approximate surface area is 256 Å². The molecule has 0 radical (unpaired) electrons. The summed E-state index contributed by atoms with van der Waals surface area (Å²) in [4.78, 5) is 54.3. The molecule has 4 N–H and O–H groups in total. The van der Waals surface area contributed by atoms with Crippen LogP contribution in [0, 0.1) is 17.2 Å². The second kappa shape index (κ2) is 14.6. The van der Waals surface area contributed by atoms with Gasteiger partial charge in [0, 0.05) is 30.3 Å². The van der Waals surface area contributed by atoms with Crippen molar-refractivity contribution in [3.8, 4) is 11.3 Å². The first-order valence-electron chi connectivity index (χ1n) is 15.7. The van der Waals surface area contributed by atoms with Crippen LogP contribution in [0.15, 0.2) is 35.1 Å². The van der Waals surface area contributed by atoms with Crippen molar-refractivity contribution < 1.29 is 23.9 Å². The summed E-state index contributed by atoms with van der Waals surface area (Å²) >= 11 is 0. The Kier molecular flexibility index (Phi) is 10.4. The van der Waals surface area contributed by atoms with Crippen molar-refractivity contribution in [1.29, 1.82) is 5.41 Å². The van der Waals surface area contributed by atoms with Crippen LogP contribution in [0.25, 0.3) is 11.3 Å². The Bertz CT molecular complexity index is 1400. The summed E-state index contributed by atoms with van der Waals surface area (Å²) in [6.45, 7) is 1.87. The number of aromatic nitrogens is 2. The van der Waals surface area contributed by atoms with E-state index >= 15 is 0 Å². The summed E-state index contributed by atoms with van der Waals surface area (Å²) in [5.74, 6) is -0.780. The molecule has 1 saturated heterocycles. The minimum Gasteiger partial charge on any atom is -0.465 e. The zero-order valence-electron chi connectivity index (χ0n) is 25.1. The maximum atomic E-state index is 13.5. The molecule has 2 amide bonds. The Hall–Kier alpha value is -4.06. The fraction of sp³-hybridized carbons (Fsp3) is 0.562. The van der Waals surface area contributed by atoms with E-state index < -0.39 is 11.5 Å². The van der Waals surface area contributed by atoms with E-state index in [2.05, 4.69) is 10.4 Å². The summed E-state index contributed by atoms with van der Waals surface area (Å²) in [6, 6.07) is 7.96. The first-order valence-corrected chi connectivity index (χ1v) is 15.7. The molecule has 0 bridgehead atoms. The van der Waals surface area contributed by atoms with Gasteiger partial charge in [0.05, 0.1) is 31.4 Å². The first-order chi connectivity index (χ1) is 21.3. The van der Waals surface area contributed by atoms with Gasteiger partial charge in [-0.25, -0.2) is 4.68 Å². The lowest BCUT2D eigenvalue weighted by molar-refractivity contribution is -0.151. The van der Waals surface area contributed by atoms with Crippen molar-refractivity contribution in [3.63, 3.8) is 0 Å². The van der Waals surface area contributed by atoms with E-state index in [0.717, 1.165) is 17.5 Å². The summed E-state index contributed by atoms with van der Waals surface area (Å²) in [7, 11) is 0. The van der Waals surface area contributed by atoms with Crippen molar-refractivity contribution >= 4 is 23.6 Å². The van der Waals surface area contributed by atoms with Crippen LogP contribution in [0.4, 0.5) is 0 Å². The summed E-state index contributed by atoms with van der Waals surface area (Å²) in [5.41, 5.74) is 6.28. The zero-order chi connectivity index (χ0) is 31.1. The number of hydrogen-bond donors (Lipinski definition) is 3. The van der Waals surface area contributed by atoms with E-state index in [0.29, 0.717) is 81.3 Å². The highest BCUT2D eigenvalue weighted by atomic mass is 16.5. The molecule has 1 aromatic heterocycles. The SMILES string of the molecule is N=C(N)c1ccc(-c2cc(C(=O)N[C@H]3CC[C@H](C(=O)OCC4CCCCC4)CC3)c(=O)n(CC(=O)N3CCOCC3)n2)cc1. The third-order valence-corrected chi connectivity index (χ3v) is 8.94. The van der Waals surface area contributed by atoms with E-state index in [1.165, 1.54) is 25.3 Å². The minimum atomic E-state index is -0.659. The molecule has 0 spiro atoms. The van der Waals surface area contributed by atoms with Gasteiger partial charge in [-0.15, -0.1) is 0 Å². The van der Waals surface area contributed by atoms with Crippen LogP contribution >= 0.6 is 0 Å². The van der Waals surface area contributed by atoms with E-state index in [9.17, 15) is 19.2 Å². The lowest BCUT2D eigenvalue weighted by Crippen LogP contribution is -2.45. The quantitative estimate of drug-likeness (QED) is 0.222. The molecule has 44 heavy (non-hydrogen) atoms. The number of nitrogens with zero attached hydrogens (tertiary/aromatic N) is 3. The van der Waals surface area contributed by atoms with Crippen molar-refractivity contribution in [3.05, 3.63) is 51.8 Å². The van der Waals surface area contributed by atoms with Crippen LogP contribution in [-0.2, 0) is 25.6 Å². The molecule has 12 nitrogen and oxygen atoms in total. The average Bonchev–Trinajstić information content (AvgIpc) is 3.05. The normalized spacial score (nSPS) is 21.0. The third kappa shape index (κ3) is 7.90. The van der Waals surface area contributed by atoms with Crippen LogP contribution < -0.4 is 16.6 Å². The van der Waals surface area contributed by atoms with Gasteiger partial charge >= 0.3 is 5.97 Å². The number of benzene rings is 1. The smallest absolute Gasteiger partial charge is 0.308 e. The number of amidine groups is 1. The second-order valence-electron chi connectivity index (χ2n) is 12.0. The predicted octanol–water partition coefficient (Wildman–Crippen LogP) is 2.47. The molecule has 236 valence electrons. The molecule has 2 aliphatic carbocycles. The van der Waals surface area contributed by atoms with Crippen molar-refractivity contribution in [2.24, 2.45) is 17.6 Å². The van der Waals surface area contributed by atoms with Gasteiger partial charge in [-0.05, 0) is 50.5 Å². The largest absolute Gasteiger partial charge is 0.465 e. The molecule has 1 aromatic carbocycles. The van der Waals surface area contributed by atoms with Crippen molar-refractivity contribution in [2.45, 2.75) is 70.4 Å². The van der Waals surface area contributed by atoms with Crippen molar-refractivity contribution in [2.75, 3.05) is 32.9 Å². The number of carbonyl (C=O) groups excluding carboxylic acids is 3. The Morgan fingerprint density at radius 2 is 1.68 bits per heavy atom. The zero-order valence-corrected chi connectivity index (χ0v) is 25.1. The molecule has 2 heterocycles. The van der Waals surface area contributed by atoms with E-state index in [1.54, 1.807) is 29.2 Å². The van der Waals surface area contributed by atoms with Gasteiger partial charge < -0.3 is 25.4 Å². The highest BCUT2D eigenvalue weighted by Crippen LogP contribution is 2.28. The molecular formula is C32H42N6O6. The molecule has 0 atom stereocenters. The van der Waals surface area contributed by atoms with Gasteiger partial charge in [0.15, 0.2) is 0 Å². The summed E-state index contributed by atoms with van der Waals surface area (Å²) in [5, 5.41) is 15.1. The number of amides is 2. The maximum Gasteiger partial charge on any atom is 0.308 e. The lowest BCUT2D eigenvalue weighted by Gasteiger charge is -2.29. The molecule has 0 unspecified atom stereocenters. The topological polar surface area (TPSA) is 170 Å². The van der Waals surface area contributed by atoms with Gasteiger partial charge in [-0.1, -0.05) is 43.5 Å². The molecule has 2 aromatic rings. The van der Waals surface area contributed by atoms with Crippen LogP contribution in [0.1, 0.15) is 73.7 Å². The van der Waals surface area contributed by atoms with Gasteiger partial charge in [-0.2, -0.15) is 5.10 Å². The van der Waals surface area contributed by atoms with E-state index in [4.69, 9.17) is 20.6 Å². The van der Waals surface area contributed by atoms with Gasteiger partial charge in [0.2, 0.25) is 5.91 Å². The monoisotopic (exact) mass is 606 g/mol. The number of esters is 1. The summed E-state index contributed by atoms with van der Waals surface area (Å²) in [6.07, 6.45) is 8.32. The van der Waals surface area contributed by atoms with E-state index in [1.807, 2.05) is 0 Å². The number of nitrogens with one attached hydrogen (secondary N) is 2. The third-order valence-electron chi connectivity index (χ3n) is 8.94. The average molecular weight is 607 g/mol. The number of nitrogen functional groups attached to an aromatic ring is 1. The second-order valence-corrected chi connectivity index (χ2v) is 12.0. The van der Waals surface area contributed by atoms with Crippen LogP contribution in [-0.4, -0.2) is 77.3 Å². The molecule has 3 fully saturated rings. The molecule has 5 rings (SSSR count). The molecular weight excluding hydrogens is 564 g/mol. The Balaban J connectivity index is 1.27. The fourth-order valence-electron chi connectivity index (χ4n) is 6.22. The maximum absolute atomic E-state index is 13.5. The van der Waals surface area contributed by atoms with Crippen LogP contribution in [0.5, 0.6) is 0 Å². The van der Waals surface area contributed by atoms with Crippen LogP contribution in [0.3, 0.4) is 0 Å². The standard InChI is InChI=1S/C32H42N6O6/c33-29(34)23-8-6-22(7-9-23)27-18-26(31(41)38(36-27)19-28(39)37-14-16-43-17-15-37)30(40)35-25-12-10-24(11-13-25)32(42)44-20-21-4-2-1-3-5-21/h6-9,18,21,24-25H,1-5,10-17,19-20H2,(H3,33,34)(H,35,40)/t24-,25-. The van der Waals surface area contributed by atoms with Crippen molar-refractivity contribution in [1.82, 2.24) is 20.0 Å². The predicted molar refractivity (Wildman–Crippen MR) is 163 cm³/mol. The van der Waals surface area contributed by atoms with Gasteiger partial charge in [0.1, 0.15) is 17.9 Å². The Morgan fingerprint density at radius 3 is 2.34 bits per heavy atom. The number of hydrogen-bond acceptors (Lipinski definition) is 8. The molecule has 3 aliphatic rings. The Morgan fingerprint density at radius 1 is 1.00 bits per heavy atom. The number of morpholine rings is 1. The van der Waals surface area contributed by atoms with Crippen LogP contribution in [0.2, 0.25) is 0 Å². The molecule has 1 aliphatic heterocycles. The van der Waals surface area contributed by atoms with E-state index in [-0.39, 0.29) is 41.8 Å². The highest BCUT2D eigenvalue weighted by Gasteiger charge is 2.30. The number of ether oxygens (including phenoxy) is 2.